The second-order valence-corrected chi connectivity index (χ2v) is 9.31. The number of hydrogen-bond acceptors (Lipinski definition) is 7. The number of piperidine rings is 1. The van der Waals surface area contributed by atoms with Crippen molar-refractivity contribution in [1.82, 2.24) is 25.0 Å². The Hall–Kier alpha value is -2.35. The Bertz CT molecular complexity index is 971. The average Bonchev–Trinajstić information content (AvgIpc) is 3.30. The van der Waals surface area contributed by atoms with Crippen molar-refractivity contribution in [3.63, 3.8) is 0 Å². The number of anilines is 1. The van der Waals surface area contributed by atoms with Crippen LogP contribution in [-0.4, -0.2) is 38.1 Å². The lowest BCUT2D eigenvalue weighted by atomic mass is 10.1. The second-order valence-electron chi connectivity index (χ2n) is 8.00. The van der Waals surface area contributed by atoms with Gasteiger partial charge in [-0.2, -0.15) is 0 Å². The lowest BCUT2D eigenvalue weighted by molar-refractivity contribution is 0.508. The van der Waals surface area contributed by atoms with Gasteiger partial charge in [-0.3, -0.25) is 4.57 Å². The van der Waals surface area contributed by atoms with Crippen LogP contribution in [0, 0.1) is 6.92 Å². The van der Waals surface area contributed by atoms with Crippen molar-refractivity contribution in [2.45, 2.75) is 62.4 Å². The van der Waals surface area contributed by atoms with Gasteiger partial charge in [0, 0.05) is 24.7 Å². The molecule has 1 aliphatic heterocycles. The van der Waals surface area contributed by atoms with Crippen molar-refractivity contribution >= 4 is 17.7 Å². The van der Waals surface area contributed by atoms with Crippen molar-refractivity contribution < 1.29 is 4.42 Å². The van der Waals surface area contributed by atoms with E-state index in [2.05, 4.69) is 55.8 Å². The van der Waals surface area contributed by atoms with Crippen molar-refractivity contribution in [3.05, 3.63) is 35.7 Å². The van der Waals surface area contributed by atoms with E-state index in [4.69, 9.17) is 4.42 Å². The molecule has 2 aromatic heterocycles. The third kappa shape index (κ3) is 3.90. The molecule has 3 aromatic rings. The van der Waals surface area contributed by atoms with Crippen LogP contribution in [0.1, 0.15) is 61.8 Å². The minimum atomic E-state index is 0.0117. The van der Waals surface area contributed by atoms with Gasteiger partial charge in [0.25, 0.3) is 0 Å². The fraction of sp³-hybridized carbons (Fsp3) is 0.524. The molecule has 0 N–H and O–H groups in total. The summed E-state index contributed by atoms with van der Waals surface area (Å²) in [5.74, 6) is 2.22. The van der Waals surface area contributed by atoms with Crippen LogP contribution in [0.5, 0.6) is 0 Å². The molecule has 3 heterocycles. The fourth-order valence-electron chi connectivity index (χ4n) is 3.73. The molecule has 2 fully saturated rings. The van der Waals surface area contributed by atoms with Crippen molar-refractivity contribution in [2.75, 3.05) is 18.0 Å². The fourth-order valence-corrected chi connectivity index (χ4v) is 4.68. The molecule has 2 aliphatic rings. The topological polar surface area (TPSA) is 72.9 Å². The van der Waals surface area contributed by atoms with Gasteiger partial charge in [-0.25, -0.2) is 0 Å². The summed E-state index contributed by atoms with van der Waals surface area (Å²) in [5, 5.41) is 18.6. The molecule has 0 radical (unpaired) electrons. The van der Waals surface area contributed by atoms with Gasteiger partial charge >= 0.3 is 0 Å². The predicted octanol–water partition coefficient (Wildman–Crippen LogP) is 4.82. The van der Waals surface area contributed by atoms with Gasteiger partial charge in [0.15, 0.2) is 5.16 Å². The van der Waals surface area contributed by atoms with Gasteiger partial charge in [-0.15, -0.1) is 20.4 Å². The number of thioether (sulfide) groups is 1. The number of nitrogens with zero attached hydrogens (tertiary/aromatic N) is 6. The Kier molecular flexibility index (Phi) is 5.03. The monoisotopic (exact) mass is 410 g/mol. The van der Waals surface area contributed by atoms with Crippen molar-refractivity contribution in [2.24, 2.45) is 0 Å². The summed E-state index contributed by atoms with van der Waals surface area (Å²) in [6.07, 6.45) is 6.20. The maximum Gasteiger partial charge on any atom is 0.247 e. The lowest BCUT2D eigenvalue weighted by Gasteiger charge is -2.27. The van der Waals surface area contributed by atoms with E-state index in [9.17, 15) is 0 Å². The largest absolute Gasteiger partial charge is 0.419 e. The van der Waals surface area contributed by atoms with Gasteiger partial charge in [0.05, 0.1) is 5.25 Å². The zero-order valence-corrected chi connectivity index (χ0v) is 17.7. The highest BCUT2D eigenvalue weighted by Gasteiger charge is 2.33. The third-order valence-corrected chi connectivity index (χ3v) is 6.61. The molecule has 1 aromatic carbocycles. The quantitative estimate of drug-likeness (QED) is 0.540. The van der Waals surface area contributed by atoms with E-state index in [1.165, 1.54) is 37.7 Å². The maximum atomic E-state index is 5.97. The van der Waals surface area contributed by atoms with Crippen LogP contribution in [0.15, 0.2) is 33.8 Å². The molecule has 152 valence electrons. The van der Waals surface area contributed by atoms with Gasteiger partial charge in [0.1, 0.15) is 0 Å². The van der Waals surface area contributed by atoms with Crippen molar-refractivity contribution in [1.29, 1.82) is 0 Å². The minimum Gasteiger partial charge on any atom is -0.419 e. The smallest absolute Gasteiger partial charge is 0.247 e. The van der Waals surface area contributed by atoms with E-state index in [0.717, 1.165) is 29.8 Å². The van der Waals surface area contributed by atoms with E-state index < -0.39 is 0 Å². The zero-order valence-electron chi connectivity index (χ0n) is 16.9. The Balaban J connectivity index is 1.35. The first-order chi connectivity index (χ1) is 14.2. The molecule has 1 aliphatic carbocycles. The molecule has 5 rings (SSSR count). The normalized spacial score (nSPS) is 18.2. The van der Waals surface area contributed by atoms with Gasteiger partial charge in [-0.05, 0) is 58.1 Å². The van der Waals surface area contributed by atoms with Crippen LogP contribution < -0.4 is 4.90 Å². The Morgan fingerprint density at radius 2 is 1.76 bits per heavy atom. The summed E-state index contributed by atoms with van der Waals surface area (Å²) < 4.78 is 8.31. The average molecular weight is 411 g/mol. The maximum absolute atomic E-state index is 5.97. The van der Waals surface area contributed by atoms with Crippen LogP contribution in [0.25, 0.3) is 11.5 Å². The molecule has 8 heteroatoms. The number of hydrogen-bond donors (Lipinski definition) is 0. The molecule has 7 nitrogen and oxygen atoms in total. The van der Waals surface area contributed by atoms with Gasteiger partial charge in [-0.1, -0.05) is 29.5 Å². The van der Waals surface area contributed by atoms with Crippen LogP contribution in [0.2, 0.25) is 0 Å². The van der Waals surface area contributed by atoms with E-state index >= 15 is 0 Å². The van der Waals surface area contributed by atoms with Crippen molar-refractivity contribution in [3.8, 4) is 11.5 Å². The first kappa shape index (κ1) is 18.7. The summed E-state index contributed by atoms with van der Waals surface area (Å²) in [4.78, 5) is 2.39. The molecule has 0 amide bonds. The predicted molar refractivity (Wildman–Crippen MR) is 113 cm³/mol. The molecular weight excluding hydrogens is 384 g/mol. The molecule has 1 atom stereocenters. The van der Waals surface area contributed by atoms with E-state index in [1.807, 2.05) is 12.1 Å². The SMILES string of the molecule is Cc1ccc(-c2nnc(C(C)Sc3nnc(N4CCCCC4)n3C3CC3)o2)cc1. The highest BCUT2D eigenvalue weighted by atomic mass is 32.2. The first-order valence-corrected chi connectivity index (χ1v) is 11.3. The standard InChI is InChI=1S/C21H26N6OS/c1-14-6-8-16(9-7-14)19-23-22-18(28-19)15(2)29-21-25-24-20(27(21)17-10-11-17)26-12-4-3-5-13-26/h6-9,15,17H,3-5,10-13H2,1-2H3. The molecule has 1 saturated heterocycles. The molecule has 29 heavy (non-hydrogen) atoms. The lowest BCUT2D eigenvalue weighted by Crippen LogP contribution is -2.31. The highest BCUT2D eigenvalue weighted by Crippen LogP contribution is 2.44. The van der Waals surface area contributed by atoms with E-state index in [0.29, 0.717) is 17.8 Å². The molecule has 0 spiro atoms. The number of rotatable bonds is 6. The third-order valence-electron chi connectivity index (χ3n) is 5.57. The number of aryl methyl sites for hydroxylation is 1. The molecule has 0 bridgehead atoms. The van der Waals surface area contributed by atoms with Gasteiger partial charge in [0.2, 0.25) is 17.7 Å². The summed E-state index contributed by atoms with van der Waals surface area (Å²) >= 11 is 1.65. The number of benzene rings is 1. The van der Waals surface area contributed by atoms with Crippen LogP contribution in [0.4, 0.5) is 5.95 Å². The van der Waals surface area contributed by atoms with Gasteiger partial charge < -0.3 is 9.32 Å². The Morgan fingerprint density at radius 1 is 1.00 bits per heavy atom. The van der Waals surface area contributed by atoms with Crippen LogP contribution in [-0.2, 0) is 0 Å². The summed E-state index contributed by atoms with van der Waals surface area (Å²) in [7, 11) is 0. The van der Waals surface area contributed by atoms with Crippen LogP contribution in [0.3, 0.4) is 0 Å². The molecule has 1 saturated carbocycles. The van der Waals surface area contributed by atoms with Crippen LogP contribution >= 0.6 is 11.8 Å². The number of aromatic nitrogens is 5. The summed E-state index contributed by atoms with van der Waals surface area (Å²) in [5.41, 5.74) is 2.15. The first-order valence-electron chi connectivity index (χ1n) is 10.5. The Morgan fingerprint density at radius 3 is 2.48 bits per heavy atom. The molecule has 1 unspecified atom stereocenters. The second kappa shape index (κ2) is 7.82. The Labute approximate surface area is 174 Å². The summed E-state index contributed by atoms with van der Waals surface area (Å²) in [6, 6.07) is 8.66. The molecular formula is C21H26N6OS. The van der Waals surface area contributed by atoms with E-state index in [-0.39, 0.29) is 5.25 Å². The minimum absolute atomic E-state index is 0.0117. The van der Waals surface area contributed by atoms with E-state index in [1.54, 1.807) is 11.8 Å². The summed E-state index contributed by atoms with van der Waals surface area (Å²) in [6.45, 7) is 6.31. The highest BCUT2D eigenvalue weighted by molar-refractivity contribution is 7.99. The zero-order chi connectivity index (χ0) is 19.8.